The zero-order valence-electron chi connectivity index (χ0n) is 15.3. The lowest BCUT2D eigenvalue weighted by Gasteiger charge is -2.41. The Morgan fingerprint density at radius 2 is 2.12 bits per heavy atom. The lowest BCUT2D eigenvalue weighted by Crippen LogP contribution is -2.57. The molecule has 26 heavy (non-hydrogen) atoms. The summed E-state index contributed by atoms with van der Waals surface area (Å²) in [5, 5.41) is 10.4. The van der Waals surface area contributed by atoms with Crippen LogP contribution in [-0.4, -0.2) is 46.3 Å². The first-order valence-corrected chi connectivity index (χ1v) is 9.04. The van der Waals surface area contributed by atoms with Crippen molar-refractivity contribution in [2.75, 3.05) is 25.5 Å². The van der Waals surface area contributed by atoms with Gasteiger partial charge in [-0.1, -0.05) is 6.07 Å². The summed E-state index contributed by atoms with van der Waals surface area (Å²) in [4.78, 5) is 14.9. The summed E-state index contributed by atoms with van der Waals surface area (Å²) in [6, 6.07) is 6.27. The van der Waals surface area contributed by atoms with Crippen molar-refractivity contribution in [3.8, 4) is 0 Å². The maximum atomic E-state index is 13.5. The van der Waals surface area contributed by atoms with Crippen LogP contribution in [0.3, 0.4) is 0 Å². The molecule has 1 aromatic heterocycles. The van der Waals surface area contributed by atoms with E-state index in [1.54, 1.807) is 19.2 Å². The maximum Gasteiger partial charge on any atom is 0.245 e. The van der Waals surface area contributed by atoms with Gasteiger partial charge in [0.15, 0.2) is 0 Å². The molecule has 3 rings (SSSR count). The van der Waals surface area contributed by atoms with Gasteiger partial charge in [0.1, 0.15) is 11.4 Å². The van der Waals surface area contributed by atoms with Gasteiger partial charge in [0.05, 0.1) is 6.20 Å². The first-order valence-electron chi connectivity index (χ1n) is 9.04. The van der Waals surface area contributed by atoms with Crippen LogP contribution in [-0.2, 0) is 17.9 Å². The van der Waals surface area contributed by atoms with Crippen LogP contribution in [0.1, 0.15) is 25.3 Å². The molecule has 2 N–H and O–H groups in total. The van der Waals surface area contributed by atoms with Gasteiger partial charge >= 0.3 is 0 Å². The number of nitrogens with one attached hydrogen (secondary N) is 2. The van der Waals surface area contributed by atoms with E-state index in [-0.39, 0.29) is 11.7 Å². The summed E-state index contributed by atoms with van der Waals surface area (Å²) in [6.45, 7) is 5.31. The molecule has 0 radical (unpaired) electrons. The molecule has 1 aliphatic rings. The molecule has 1 aromatic carbocycles. The van der Waals surface area contributed by atoms with Crippen molar-refractivity contribution in [2.24, 2.45) is 0 Å². The predicted octanol–water partition coefficient (Wildman–Crippen LogP) is 2.23. The van der Waals surface area contributed by atoms with E-state index in [2.05, 4.69) is 33.8 Å². The van der Waals surface area contributed by atoms with E-state index in [1.165, 1.54) is 17.7 Å². The zero-order chi connectivity index (χ0) is 18.6. The minimum Gasteiger partial charge on any atom is -0.371 e. The fourth-order valence-corrected chi connectivity index (χ4v) is 3.50. The van der Waals surface area contributed by atoms with Gasteiger partial charge < -0.3 is 10.6 Å². The number of amides is 1. The summed E-state index contributed by atoms with van der Waals surface area (Å²) >= 11 is 0. The standard InChI is InChI=1S/C19H26FN5O/c1-3-25-14-15(12-22-25)13-24-9-7-19(8-10-24,18(26)21-2)23-17-6-4-5-16(20)11-17/h4-6,11-12,14,23H,3,7-10,13H2,1-2H3,(H,21,26). The van der Waals surface area contributed by atoms with Crippen LogP contribution in [0.4, 0.5) is 10.1 Å². The second-order valence-electron chi connectivity index (χ2n) is 6.78. The zero-order valence-corrected chi connectivity index (χ0v) is 15.3. The molecule has 6 nitrogen and oxygen atoms in total. The fraction of sp³-hybridized carbons (Fsp3) is 0.474. The van der Waals surface area contributed by atoms with E-state index in [0.717, 1.165) is 26.2 Å². The average Bonchev–Trinajstić information content (AvgIpc) is 3.10. The minimum absolute atomic E-state index is 0.0554. The number of carbonyl (C=O) groups excluding carboxylic acids is 1. The molecule has 0 bridgehead atoms. The Balaban J connectivity index is 1.67. The number of likely N-dealkylation sites (N-methyl/N-ethyl adjacent to an activating group) is 1. The molecule has 1 aliphatic heterocycles. The molecular formula is C19H26FN5O. The number of hydrogen-bond acceptors (Lipinski definition) is 4. The van der Waals surface area contributed by atoms with Crippen molar-refractivity contribution in [3.05, 3.63) is 48.0 Å². The second kappa shape index (κ2) is 7.86. The molecular weight excluding hydrogens is 333 g/mol. The number of carbonyl (C=O) groups is 1. The fourth-order valence-electron chi connectivity index (χ4n) is 3.50. The summed E-state index contributed by atoms with van der Waals surface area (Å²) in [5.41, 5.74) is 1.09. The molecule has 0 saturated carbocycles. The van der Waals surface area contributed by atoms with Crippen LogP contribution in [0, 0.1) is 5.82 Å². The molecule has 0 aliphatic carbocycles. The number of rotatable bonds is 6. The Bertz CT molecular complexity index is 752. The number of nitrogens with zero attached hydrogens (tertiary/aromatic N) is 3. The van der Waals surface area contributed by atoms with Gasteiger partial charge in [-0.2, -0.15) is 5.10 Å². The average molecular weight is 359 g/mol. The lowest BCUT2D eigenvalue weighted by atomic mass is 9.86. The molecule has 0 unspecified atom stereocenters. The lowest BCUT2D eigenvalue weighted by molar-refractivity contribution is -0.126. The third kappa shape index (κ3) is 4.04. The largest absolute Gasteiger partial charge is 0.371 e. The number of hydrogen-bond donors (Lipinski definition) is 2. The van der Waals surface area contributed by atoms with E-state index in [1.807, 2.05) is 10.9 Å². The van der Waals surface area contributed by atoms with Crippen LogP contribution in [0.25, 0.3) is 0 Å². The van der Waals surface area contributed by atoms with E-state index in [0.29, 0.717) is 18.5 Å². The molecule has 0 spiro atoms. The molecule has 2 heterocycles. The third-order valence-electron chi connectivity index (χ3n) is 5.00. The van der Waals surface area contributed by atoms with E-state index in [9.17, 15) is 9.18 Å². The summed E-state index contributed by atoms with van der Waals surface area (Å²) in [5.74, 6) is -0.368. The highest BCUT2D eigenvalue weighted by molar-refractivity contribution is 5.89. The van der Waals surface area contributed by atoms with Crippen molar-refractivity contribution in [1.29, 1.82) is 0 Å². The quantitative estimate of drug-likeness (QED) is 0.830. The first-order chi connectivity index (χ1) is 12.5. The highest BCUT2D eigenvalue weighted by Gasteiger charge is 2.40. The van der Waals surface area contributed by atoms with Crippen LogP contribution in [0.5, 0.6) is 0 Å². The SMILES string of the molecule is CCn1cc(CN2CCC(Nc3cccc(F)c3)(C(=O)NC)CC2)cn1. The topological polar surface area (TPSA) is 62.2 Å². The highest BCUT2D eigenvalue weighted by atomic mass is 19.1. The number of aryl methyl sites for hydroxylation is 1. The summed E-state index contributed by atoms with van der Waals surface area (Å²) < 4.78 is 15.4. The van der Waals surface area contributed by atoms with Crippen LogP contribution < -0.4 is 10.6 Å². The molecule has 1 saturated heterocycles. The van der Waals surface area contributed by atoms with E-state index < -0.39 is 5.54 Å². The first kappa shape index (κ1) is 18.4. The molecule has 1 fully saturated rings. The van der Waals surface area contributed by atoms with Crippen molar-refractivity contribution in [3.63, 3.8) is 0 Å². The smallest absolute Gasteiger partial charge is 0.245 e. The van der Waals surface area contributed by atoms with Gasteiger partial charge in [-0.3, -0.25) is 14.4 Å². The van der Waals surface area contributed by atoms with Crippen LogP contribution >= 0.6 is 0 Å². The Hall–Kier alpha value is -2.41. The van der Waals surface area contributed by atoms with Crippen molar-refractivity contribution < 1.29 is 9.18 Å². The minimum atomic E-state index is -0.716. The Morgan fingerprint density at radius 1 is 1.35 bits per heavy atom. The molecule has 7 heteroatoms. The van der Waals surface area contributed by atoms with Crippen LogP contribution in [0.15, 0.2) is 36.7 Å². The predicted molar refractivity (Wildman–Crippen MR) is 99.2 cm³/mol. The van der Waals surface area contributed by atoms with Crippen molar-refractivity contribution in [1.82, 2.24) is 20.0 Å². The number of anilines is 1. The number of halogens is 1. The van der Waals surface area contributed by atoms with Crippen molar-refractivity contribution >= 4 is 11.6 Å². The normalized spacial score (nSPS) is 17.0. The van der Waals surface area contributed by atoms with Gasteiger partial charge in [0.25, 0.3) is 0 Å². The monoisotopic (exact) mass is 359 g/mol. The van der Waals surface area contributed by atoms with Gasteiger partial charge in [-0.15, -0.1) is 0 Å². The number of likely N-dealkylation sites (tertiary alicyclic amines) is 1. The Kier molecular flexibility index (Phi) is 5.56. The van der Waals surface area contributed by atoms with Gasteiger partial charge in [-0.25, -0.2) is 4.39 Å². The third-order valence-corrected chi connectivity index (χ3v) is 5.00. The maximum absolute atomic E-state index is 13.5. The Labute approximate surface area is 153 Å². The second-order valence-corrected chi connectivity index (χ2v) is 6.78. The molecule has 2 aromatic rings. The molecule has 0 atom stereocenters. The molecule has 140 valence electrons. The summed E-state index contributed by atoms with van der Waals surface area (Å²) in [6.07, 6.45) is 5.27. The van der Waals surface area contributed by atoms with E-state index >= 15 is 0 Å². The van der Waals surface area contributed by atoms with Crippen LogP contribution in [0.2, 0.25) is 0 Å². The number of benzene rings is 1. The highest BCUT2D eigenvalue weighted by Crippen LogP contribution is 2.28. The molecule has 1 amide bonds. The van der Waals surface area contributed by atoms with Gasteiger partial charge in [0.2, 0.25) is 5.91 Å². The van der Waals surface area contributed by atoms with Gasteiger partial charge in [0, 0.05) is 50.7 Å². The van der Waals surface area contributed by atoms with Gasteiger partial charge in [-0.05, 0) is 38.0 Å². The number of aromatic nitrogens is 2. The van der Waals surface area contributed by atoms with E-state index in [4.69, 9.17) is 0 Å². The Morgan fingerprint density at radius 3 is 2.73 bits per heavy atom. The summed E-state index contributed by atoms with van der Waals surface area (Å²) in [7, 11) is 1.64. The number of piperidine rings is 1. The van der Waals surface area contributed by atoms with Crippen molar-refractivity contribution in [2.45, 2.75) is 38.4 Å².